The van der Waals surface area contributed by atoms with E-state index in [1.54, 1.807) is 30.3 Å². The Kier molecular flexibility index (Phi) is 6.19. The maximum Gasteiger partial charge on any atom is 0.416 e. The van der Waals surface area contributed by atoms with Gasteiger partial charge in [-0.15, -0.1) is 0 Å². The lowest BCUT2D eigenvalue weighted by Crippen LogP contribution is -2.45. The van der Waals surface area contributed by atoms with E-state index in [4.69, 9.17) is 4.74 Å². The van der Waals surface area contributed by atoms with Crippen LogP contribution in [0.4, 0.5) is 31.1 Å². The van der Waals surface area contributed by atoms with E-state index < -0.39 is 53.3 Å². The van der Waals surface area contributed by atoms with E-state index in [9.17, 15) is 36.2 Å². The number of rotatable bonds is 6. The molecule has 0 radical (unpaired) electrons. The molecule has 1 fully saturated rings. The van der Waals surface area contributed by atoms with Gasteiger partial charge in [-0.2, -0.15) is 26.3 Å². The number of ether oxygens (including phenoxy) is 1. The zero-order valence-electron chi connectivity index (χ0n) is 15.8. The zero-order chi connectivity index (χ0) is 22.9. The molecule has 0 aromatic heterocycles. The average Bonchev–Trinajstić information content (AvgIpc) is 3.10. The molecule has 1 saturated heterocycles. The number of aliphatic hydroxyl groups is 1. The van der Waals surface area contributed by atoms with Crippen LogP contribution in [0.2, 0.25) is 0 Å². The predicted octanol–water partition coefficient (Wildman–Crippen LogP) is 3.98. The highest BCUT2D eigenvalue weighted by Crippen LogP contribution is 2.38. The van der Waals surface area contributed by atoms with Gasteiger partial charge in [0.1, 0.15) is 11.6 Å². The van der Waals surface area contributed by atoms with E-state index in [1.165, 1.54) is 0 Å². The normalized spacial score (nSPS) is 20.3. The number of hydrogen-bond acceptors (Lipinski definition) is 3. The molecule has 168 valence electrons. The third-order valence-electron chi connectivity index (χ3n) is 4.91. The van der Waals surface area contributed by atoms with E-state index in [0.29, 0.717) is 17.7 Å². The molecule has 0 saturated carbocycles. The van der Waals surface area contributed by atoms with Gasteiger partial charge in [0.25, 0.3) is 0 Å². The molecule has 1 aliphatic heterocycles. The van der Waals surface area contributed by atoms with Gasteiger partial charge in [-0.1, -0.05) is 30.3 Å². The van der Waals surface area contributed by atoms with Crippen LogP contribution >= 0.6 is 0 Å². The molecule has 2 aromatic carbocycles. The third kappa shape index (κ3) is 5.10. The van der Waals surface area contributed by atoms with Crippen LogP contribution < -0.4 is 10.6 Å². The maximum atomic E-state index is 13.1. The van der Waals surface area contributed by atoms with Gasteiger partial charge in [0.2, 0.25) is 0 Å². The monoisotopic (exact) mass is 448 g/mol. The SMILES string of the molecule is O=C1NC[C@@](CO[C@H](CO)c2cc(C(F)(F)F)cc(C(F)(F)F)c2)(c2ccccc2)N1. The Labute approximate surface area is 173 Å². The Balaban J connectivity index is 1.92. The van der Waals surface area contributed by atoms with Crippen LogP contribution in [0.15, 0.2) is 48.5 Å². The molecule has 31 heavy (non-hydrogen) atoms. The van der Waals surface area contributed by atoms with Crippen molar-refractivity contribution in [2.24, 2.45) is 0 Å². The standard InChI is InChI=1S/C20H18F6N2O3/c21-19(22,23)14-6-12(7-15(8-14)20(24,25)26)16(9-29)31-11-18(10-27-17(30)28-18)13-4-2-1-3-5-13/h1-8,16,29H,9-11H2,(H2,27,28,30)/t16-,18-/m1/s1. The van der Waals surface area contributed by atoms with Crippen LogP contribution in [-0.4, -0.2) is 30.9 Å². The molecule has 0 bridgehead atoms. The number of halogens is 6. The van der Waals surface area contributed by atoms with Crippen LogP contribution in [0.5, 0.6) is 0 Å². The van der Waals surface area contributed by atoms with Crippen LogP contribution in [0, 0.1) is 0 Å². The van der Waals surface area contributed by atoms with Crippen LogP contribution in [0.3, 0.4) is 0 Å². The number of alkyl halides is 6. The summed E-state index contributed by atoms with van der Waals surface area (Å²) in [5.74, 6) is 0. The Bertz CT molecular complexity index is 900. The van der Waals surface area contributed by atoms with Gasteiger partial charge in [0.15, 0.2) is 0 Å². The minimum atomic E-state index is -5.02. The highest BCUT2D eigenvalue weighted by molar-refractivity contribution is 5.78. The fourth-order valence-electron chi connectivity index (χ4n) is 3.30. The second kappa shape index (κ2) is 8.39. The van der Waals surface area contributed by atoms with E-state index >= 15 is 0 Å². The van der Waals surface area contributed by atoms with Gasteiger partial charge in [-0.05, 0) is 29.3 Å². The molecule has 3 rings (SSSR count). The van der Waals surface area contributed by atoms with Crippen molar-refractivity contribution in [3.05, 3.63) is 70.8 Å². The Morgan fingerprint density at radius 2 is 1.58 bits per heavy atom. The molecule has 5 nitrogen and oxygen atoms in total. The Hall–Kier alpha value is -2.79. The van der Waals surface area contributed by atoms with Crippen molar-refractivity contribution in [2.45, 2.75) is 24.0 Å². The predicted molar refractivity (Wildman–Crippen MR) is 96.9 cm³/mol. The molecule has 0 spiro atoms. The maximum absolute atomic E-state index is 13.1. The fraction of sp³-hybridized carbons (Fsp3) is 0.350. The summed E-state index contributed by atoms with van der Waals surface area (Å²) in [6.07, 6.45) is -11.5. The highest BCUT2D eigenvalue weighted by atomic mass is 19.4. The first-order chi connectivity index (χ1) is 14.4. The van der Waals surface area contributed by atoms with Crippen LogP contribution in [0.1, 0.15) is 28.4 Å². The van der Waals surface area contributed by atoms with Gasteiger partial charge >= 0.3 is 18.4 Å². The van der Waals surface area contributed by atoms with E-state index in [1.807, 2.05) is 0 Å². The number of nitrogens with one attached hydrogen (secondary N) is 2. The average molecular weight is 448 g/mol. The van der Waals surface area contributed by atoms with Gasteiger partial charge in [0.05, 0.1) is 24.3 Å². The molecular weight excluding hydrogens is 430 g/mol. The summed E-state index contributed by atoms with van der Waals surface area (Å²) in [6, 6.07) is 9.04. The van der Waals surface area contributed by atoms with Crippen LogP contribution in [0.25, 0.3) is 0 Å². The summed E-state index contributed by atoms with van der Waals surface area (Å²) in [4.78, 5) is 11.7. The molecular formula is C20H18F6N2O3. The Morgan fingerprint density at radius 3 is 2.03 bits per heavy atom. The van der Waals surface area contributed by atoms with Crippen molar-refractivity contribution >= 4 is 6.03 Å². The van der Waals surface area contributed by atoms with Gasteiger partial charge < -0.3 is 20.5 Å². The Morgan fingerprint density at radius 1 is 1.00 bits per heavy atom. The van der Waals surface area contributed by atoms with Crippen molar-refractivity contribution in [3.63, 3.8) is 0 Å². The molecule has 0 unspecified atom stereocenters. The van der Waals surface area contributed by atoms with E-state index in [-0.39, 0.29) is 19.2 Å². The smallest absolute Gasteiger partial charge is 0.393 e. The van der Waals surface area contributed by atoms with Crippen molar-refractivity contribution < 1.29 is 41.0 Å². The fourth-order valence-corrected chi connectivity index (χ4v) is 3.30. The number of carbonyl (C=O) groups excluding carboxylic acids is 1. The first-order valence-corrected chi connectivity index (χ1v) is 9.08. The summed E-state index contributed by atoms with van der Waals surface area (Å²) in [6.45, 7) is -1.10. The van der Waals surface area contributed by atoms with Crippen LogP contribution in [-0.2, 0) is 22.6 Å². The molecule has 2 amide bonds. The summed E-state index contributed by atoms with van der Waals surface area (Å²) < 4.78 is 84.4. The van der Waals surface area contributed by atoms with Crippen molar-refractivity contribution in [1.29, 1.82) is 0 Å². The topological polar surface area (TPSA) is 70.6 Å². The summed E-state index contributed by atoms with van der Waals surface area (Å²) >= 11 is 0. The van der Waals surface area contributed by atoms with Gasteiger partial charge in [-0.3, -0.25) is 0 Å². The minimum Gasteiger partial charge on any atom is -0.393 e. The third-order valence-corrected chi connectivity index (χ3v) is 4.91. The summed E-state index contributed by atoms with van der Waals surface area (Å²) in [5, 5.41) is 14.9. The molecule has 3 N–H and O–H groups in total. The number of carbonyl (C=O) groups is 1. The summed E-state index contributed by atoms with van der Waals surface area (Å²) in [7, 11) is 0. The van der Waals surface area contributed by atoms with Crippen molar-refractivity contribution in [2.75, 3.05) is 19.8 Å². The van der Waals surface area contributed by atoms with Crippen molar-refractivity contribution in [3.8, 4) is 0 Å². The quantitative estimate of drug-likeness (QED) is 0.586. The second-order valence-electron chi connectivity index (χ2n) is 7.08. The second-order valence-corrected chi connectivity index (χ2v) is 7.08. The molecule has 11 heteroatoms. The first kappa shape index (κ1) is 22.9. The molecule has 2 aromatic rings. The number of benzene rings is 2. The lowest BCUT2D eigenvalue weighted by molar-refractivity contribution is -0.143. The van der Waals surface area contributed by atoms with Gasteiger partial charge in [0, 0.05) is 6.54 Å². The number of urea groups is 1. The molecule has 0 aliphatic carbocycles. The number of aliphatic hydroxyl groups excluding tert-OH is 1. The van der Waals surface area contributed by atoms with Crippen molar-refractivity contribution in [1.82, 2.24) is 10.6 Å². The largest absolute Gasteiger partial charge is 0.416 e. The highest BCUT2D eigenvalue weighted by Gasteiger charge is 2.41. The van der Waals surface area contributed by atoms with E-state index in [2.05, 4.69) is 10.6 Å². The number of amides is 2. The molecule has 1 heterocycles. The molecule has 1 aliphatic rings. The first-order valence-electron chi connectivity index (χ1n) is 9.08. The van der Waals surface area contributed by atoms with E-state index in [0.717, 1.165) is 0 Å². The lowest BCUT2D eigenvalue weighted by Gasteiger charge is -2.30. The summed E-state index contributed by atoms with van der Waals surface area (Å²) in [5.41, 5.74) is -3.99. The number of hydrogen-bond donors (Lipinski definition) is 3. The van der Waals surface area contributed by atoms with Gasteiger partial charge in [-0.25, -0.2) is 4.79 Å². The lowest BCUT2D eigenvalue weighted by atomic mass is 9.91. The zero-order valence-corrected chi connectivity index (χ0v) is 15.8. The minimum absolute atomic E-state index is 0.00447. The molecule has 2 atom stereocenters.